The molecule has 1 aliphatic rings. The molecule has 3 aromatic rings. The summed E-state index contributed by atoms with van der Waals surface area (Å²) in [6.07, 6.45) is 2.30. The normalized spacial score (nSPS) is 16.6. The molecule has 3 N–H and O–H groups in total. The van der Waals surface area contributed by atoms with Gasteiger partial charge in [0, 0.05) is 25.3 Å². The molecule has 0 radical (unpaired) electrons. The zero-order chi connectivity index (χ0) is 20.9. The van der Waals surface area contributed by atoms with Crippen molar-refractivity contribution in [2.24, 2.45) is 5.73 Å². The molecule has 7 nitrogen and oxygen atoms in total. The molecule has 0 spiro atoms. The summed E-state index contributed by atoms with van der Waals surface area (Å²) in [6, 6.07) is 2.81. The van der Waals surface area contributed by atoms with Gasteiger partial charge in [0.05, 0.1) is 17.1 Å². The third-order valence-electron chi connectivity index (χ3n) is 4.89. The van der Waals surface area contributed by atoms with E-state index in [1.54, 1.807) is 0 Å². The van der Waals surface area contributed by atoms with Crippen LogP contribution in [0.4, 0.5) is 18.9 Å². The van der Waals surface area contributed by atoms with Crippen LogP contribution in [0.5, 0.6) is 0 Å². The summed E-state index contributed by atoms with van der Waals surface area (Å²) < 4.78 is 44.6. The average Bonchev–Trinajstić information content (AvgIpc) is 3.09. The van der Waals surface area contributed by atoms with Crippen LogP contribution in [-0.2, 0) is 0 Å². The highest BCUT2D eigenvalue weighted by molar-refractivity contribution is 5.94. The standard InChI is InChI=1S/C19H15F3N4O3/c20-9-1-2-14(24-6-9)26-8-12(19(28)29)18(27)11-5-13(21)17(15(22)16(11)26)25-4-3-10(23)7-25/h1-2,5-6,8,10H,3-4,7,23H2,(H,28,29). The third kappa shape index (κ3) is 3.11. The smallest absolute Gasteiger partial charge is 0.341 e. The van der Waals surface area contributed by atoms with E-state index in [0.717, 1.165) is 29.1 Å². The Morgan fingerprint density at radius 2 is 2.03 bits per heavy atom. The maximum absolute atomic E-state index is 15.5. The number of hydrogen-bond acceptors (Lipinski definition) is 5. The van der Waals surface area contributed by atoms with Crippen LogP contribution in [0.3, 0.4) is 0 Å². The van der Waals surface area contributed by atoms with E-state index in [9.17, 15) is 23.5 Å². The summed E-state index contributed by atoms with van der Waals surface area (Å²) in [4.78, 5) is 29.3. The molecule has 2 aromatic heterocycles. The number of pyridine rings is 2. The maximum atomic E-state index is 15.5. The Kier molecular flexibility index (Phi) is 4.50. The first kappa shape index (κ1) is 18.9. The highest BCUT2D eigenvalue weighted by Crippen LogP contribution is 2.32. The molecule has 1 unspecified atom stereocenters. The number of benzene rings is 1. The lowest BCUT2D eigenvalue weighted by Gasteiger charge is -2.22. The number of nitrogens with zero attached hydrogens (tertiary/aromatic N) is 3. The fraction of sp³-hybridized carbons (Fsp3) is 0.211. The minimum Gasteiger partial charge on any atom is -0.477 e. The molecule has 150 valence electrons. The monoisotopic (exact) mass is 404 g/mol. The Hall–Kier alpha value is -3.40. The Morgan fingerprint density at radius 3 is 2.62 bits per heavy atom. The molecule has 1 atom stereocenters. The van der Waals surface area contributed by atoms with Gasteiger partial charge in [0.15, 0.2) is 5.82 Å². The average molecular weight is 404 g/mol. The summed E-state index contributed by atoms with van der Waals surface area (Å²) in [7, 11) is 0. The highest BCUT2D eigenvalue weighted by Gasteiger charge is 2.29. The topological polar surface area (TPSA) is 101 Å². The predicted octanol–water partition coefficient (Wildman–Crippen LogP) is 2.04. The minimum atomic E-state index is -1.57. The SMILES string of the molecule is NC1CCN(c2c(F)cc3c(=O)c(C(=O)O)cn(-c4ccc(F)cn4)c3c2F)C1. The molecule has 0 aliphatic carbocycles. The van der Waals surface area contributed by atoms with E-state index in [4.69, 9.17) is 5.73 Å². The molecule has 10 heteroatoms. The van der Waals surface area contributed by atoms with Gasteiger partial charge < -0.3 is 15.7 Å². The van der Waals surface area contributed by atoms with Crippen LogP contribution in [-0.4, -0.2) is 39.8 Å². The van der Waals surface area contributed by atoms with Crippen LogP contribution in [0.2, 0.25) is 0 Å². The van der Waals surface area contributed by atoms with Gasteiger partial charge in [0.25, 0.3) is 0 Å². The van der Waals surface area contributed by atoms with E-state index in [0.29, 0.717) is 13.0 Å². The van der Waals surface area contributed by atoms with Gasteiger partial charge >= 0.3 is 5.97 Å². The summed E-state index contributed by atoms with van der Waals surface area (Å²) in [5.41, 5.74) is 3.40. The second-order valence-corrected chi connectivity index (χ2v) is 6.79. The first-order valence-corrected chi connectivity index (χ1v) is 8.71. The van der Waals surface area contributed by atoms with Crippen molar-refractivity contribution in [2.75, 3.05) is 18.0 Å². The Morgan fingerprint density at radius 1 is 1.28 bits per heavy atom. The number of nitrogens with two attached hydrogens (primary N) is 1. The van der Waals surface area contributed by atoms with Gasteiger partial charge in [-0.3, -0.25) is 9.36 Å². The van der Waals surface area contributed by atoms with E-state index in [1.807, 2.05) is 0 Å². The molecule has 29 heavy (non-hydrogen) atoms. The van der Waals surface area contributed by atoms with E-state index in [1.165, 1.54) is 11.0 Å². The van der Waals surface area contributed by atoms with E-state index in [2.05, 4.69) is 4.98 Å². The van der Waals surface area contributed by atoms with E-state index in [-0.39, 0.29) is 29.6 Å². The van der Waals surface area contributed by atoms with Gasteiger partial charge in [0.2, 0.25) is 5.43 Å². The molecule has 0 bridgehead atoms. The van der Waals surface area contributed by atoms with Crippen molar-refractivity contribution in [3.63, 3.8) is 0 Å². The Bertz CT molecular complexity index is 1190. The fourth-order valence-electron chi connectivity index (χ4n) is 3.53. The number of halogens is 3. The lowest BCUT2D eigenvalue weighted by molar-refractivity contribution is 0.0695. The number of hydrogen-bond donors (Lipinski definition) is 2. The number of aromatic nitrogens is 2. The van der Waals surface area contributed by atoms with Gasteiger partial charge in [-0.25, -0.2) is 22.9 Å². The van der Waals surface area contributed by atoms with Crippen LogP contribution >= 0.6 is 0 Å². The van der Waals surface area contributed by atoms with Gasteiger partial charge in [-0.15, -0.1) is 0 Å². The first-order chi connectivity index (χ1) is 13.8. The molecule has 1 aliphatic heterocycles. The Balaban J connectivity index is 2.09. The van der Waals surface area contributed by atoms with E-state index >= 15 is 4.39 Å². The van der Waals surface area contributed by atoms with E-state index < -0.39 is 39.8 Å². The van der Waals surface area contributed by atoms with Crippen LogP contribution in [0.1, 0.15) is 16.8 Å². The first-order valence-electron chi connectivity index (χ1n) is 8.71. The molecular weight excluding hydrogens is 389 g/mol. The lowest BCUT2D eigenvalue weighted by atomic mass is 10.1. The number of aromatic carboxylic acids is 1. The van der Waals surface area contributed by atoms with Gasteiger partial charge in [-0.2, -0.15) is 0 Å². The van der Waals surface area contributed by atoms with Crippen molar-refractivity contribution in [3.05, 3.63) is 63.8 Å². The fourth-order valence-corrected chi connectivity index (χ4v) is 3.53. The van der Waals surface area contributed by atoms with Crippen LogP contribution in [0.15, 0.2) is 35.4 Å². The van der Waals surface area contributed by atoms with Gasteiger partial charge in [-0.1, -0.05) is 0 Å². The molecule has 4 rings (SSSR count). The second-order valence-electron chi connectivity index (χ2n) is 6.79. The summed E-state index contributed by atoms with van der Waals surface area (Å²) in [5.74, 6) is -4.30. The summed E-state index contributed by atoms with van der Waals surface area (Å²) >= 11 is 0. The zero-order valence-electron chi connectivity index (χ0n) is 14.9. The largest absolute Gasteiger partial charge is 0.477 e. The van der Waals surface area contributed by atoms with Crippen LogP contribution in [0, 0.1) is 17.5 Å². The number of fused-ring (bicyclic) bond motifs is 1. The van der Waals surface area contributed by atoms with Gasteiger partial charge in [0.1, 0.15) is 28.7 Å². The predicted molar refractivity (Wildman–Crippen MR) is 99.0 cm³/mol. The quantitative estimate of drug-likeness (QED) is 0.693. The molecule has 1 aromatic carbocycles. The molecule has 0 amide bonds. The number of anilines is 1. The maximum Gasteiger partial charge on any atom is 0.341 e. The minimum absolute atomic E-state index is 0.0338. The van der Waals surface area contributed by atoms with Gasteiger partial charge in [-0.05, 0) is 24.6 Å². The van der Waals surface area contributed by atoms with Crippen LogP contribution in [0.25, 0.3) is 16.7 Å². The summed E-state index contributed by atoms with van der Waals surface area (Å²) in [6.45, 7) is 0.554. The van der Waals surface area contributed by atoms with Crippen molar-refractivity contribution in [2.45, 2.75) is 12.5 Å². The molecule has 1 saturated heterocycles. The van der Waals surface area contributed by atoms with Crippen molar-refractivity contribution < 1.29 is 23.1 Å². The number of carboxylic acid groups (broad SMARTS) is 1. The van der Waals surface area contributed by atoms with Crippen molar-refractivity contribution in [3.8, 4) is 5.82 Å². The number of rotatable bonds is 3. The molecule has 1 fully saturated rings. The number of carbonyl (C=O) groups is 1. The Labute approximate surface area is 161 Å². The zero-order valence-corrected chi connectivity index (χ0v) is 14.9. The number of carboxylic acids is 1. The third-order valence-corrected chi connectivity index (χ3v) is 4.89. The van der Waals surface area contributed by atoms with Crippen LogP contribution < -0.4 is 16.1 Å². The summed E-state index contributed by atoms with van der Waals surface area (Å²) in [5, 5.41) is 8.87. The van der Waals surface area contributed by atoms with Crippen molar-refractivity contribution >= 4 is 22.6 Å². The highest BCUT2D eigenvalue weighted by atomic mass is 19.1. The lowest BCUT2D eigenvalue weighted by Crippen LogP contribution is -2.28. The molecule has 3 heterocycles. The second kappa shape index (κ2) is 6.89. The molecular formula is C19H15F3N4O3. The van der Waals surface area contributed by atoms with Crippen molar-refractivity contribution in [1.82, 2.24) is 9.55 Å². The van der Waals surface area contributed by atoms with Crippen molar-refractivity contribution in [1.29, 1.82) is 0 Å². The molecule has 0 saturated carbocycles.